The largest absolute Gasteiger partial charge is 0.444 e. The van der Waals surface area contributed by atoms with Gasteiger partial charge in [0.1, 0.15) is 11.2 Å². The number of amides is 2. The number of benzene rings is 1. The van der Waals surface area contributed by atoms with E-state index in [-0.39, 0.29) is 24.3 Å². The number of aromatic nitrogens is 2. The standard InChI is InChI=1S/C31H41BrN4O4/c1-31(2,3)40-30(38)34-26(18-22-10-12-25(32)13-11-22)20-28(37)35-15-6-9-24(21-35)27-19-23-8-5-14-33-29(23)36(27)16-7-17-39-4/h5,8,10-14,19,24,26H,6-7,9,15-18,20-21H2,1-4H3,(H,34,38). The molecule has 1 fully saturated rings. The maximum absolute atomic E-state index is 13.7. The zero-order valence-corrected chi connectivity index (χ0v) is 25.6. The summed E-state index contributed by atoms with van der Waals surface area (Å²) in [5.41, 5.74) is 2.63. The van der Waals surface area contributed by atoms with E-state index >= 15 is 0 Å². The molecule has 3 heterocycles. The molecule has 0 bridgehead atoms. The van der Waals surface area contributed by atoms with Gasteiger partial charge in [-0.1, -0.05) is 28.1 Å². The number of aryl methyl sites for hydroxylation is 1. The van der Waals surface area contributed by atoms with Gasteiger partial charge in [0.2, 0.25) is 5.91 Å². The van der Waals surface area contributed by atoms with Crippen LogP contribution in [0.25, 0.3) is 11.0 Å². The molecule has 1 N–H and O–H groups in total. The molecule has 1 saturated heterocycles. The maximum Gasteiger partial charge on any atom is 0.407 e. The van der Waals surface area contributed by atoms with Crippen LogP contribution in [0.4, 0.5) is 4.79 Å². The first-order valence-electron chi connectivity index (χ1n) is 14.1. The minimum Gasteiger partial charge on any atom is -0.444 e. The highest BCUT2D eigenvalue weighted by atomic mass is 79.9. The Hall–Kier alpha value is -2.91. The molecule has 0 radical (unpaired) electrons. The van der Waals surface area contributed by atoms with Gasteiger partial charge in [-0.2, -0.15) is 0 Å². The van der Waals surface area contributed by atoms with Gasteiger partial charge in [-0.15, -0.1) is 0 Å². The summed E-state index contributed by atoms with van der Waals surface area (Å²) in [5, 5.41) is 4.08. The van der Waals surface area contributed by atoms with E-state index in [2.05, 4.69) is 42.9 Å². The summed E-state index contributed by atoms with van der Waals surface area (Å²) in [7, 11) is 1.72. The zero-order valence-electron chi connectivity index (χ0n) is 24.0. The molecule has 3 aromatic rings. The summed E-state index contributed by atoms with van der Waals surface area (Å²) in [6, 6.07) is 13.9. The normalized spacial score (nSPS) is 16.6. The number of carbonyl (C=O) groups excluding carboxylic acids is 2. The van der Waals surface area contributed by atoms with E-state index in [1.807, 2.05) is 62.2 Å². The highest BCUT2D eigenvalue weighted by Crippen LogP contribution is 2.32. The monoisotopic (exact) mass is 612 g/mol. The van der Waals surface area contributed by atoms with Crippen LogP contribution in [0.15, 0.2) is 53.1 Å². The molecule has 40 heavy (non-hydrogen) atoms. The van der Waals surface area contributed by atoms with Crippen molar-refractivity contribution in [3.8, 4) is 0 Å². The first-order chi connectivity index (χ1) is 19.1. The van der Waals surface area contributed by atoms with Crippen LogP contribution < -0.4 is 5.32 Å². The van der Waals surface area contributed by atoms with Crippen molar-refractivity contribution in [2.45, 2.75) is 77.0 Å². The van der Waals surface area contributed by atoms with Gasteiger partial charge in [-0.25, -0.2) is 9.78 Å². The SMILES string of the molecule is COCCCn1c(C2CCCN(C(=O)CC(Cc3ccc(Br)cc3)NC(=O)OC(C)(C)C)C2)cc2cccnc21. The smallest absolute Gasteiger partial charge is 0.407 e. The Kier molecular flexibility index (Phi) is 10.2. The molecular weight excluding hydrogens is 572 g/mol. The lowest BCUT2D eigenvalue weighted by molar-refractivity contribution is -0.132. The number of hydrogen-bond acceptors (Lipinski definition) is 5. The Morgan fingerprint density at radius 2 is 1.98 bits per heavy atom. The van der Waals surface area contributed by atoms with Gasteiger partial charge in [0.15, 0.2) is 0 Å². The number of piperidine rings is 1. The number of methoxy groups -OCH3 is 1. The number of pyridine rings is 1. The Morgan fingerprint density at radius 3 is 2.70 bits per heavy atom. The number of carbonyl (C=O) groups is 2. The summed E-state index contributed by atoms with van der Waals surface area (Å²) in [6.07, 6.45) is 4.91. The fourth-order valence-electron chi connectivity index (χ4n) is 5.39. The Morgan fingerprint density at radius 1 is 1.20 bits per heavy atom. The Bertz CT molecular complexity index is 1280. The van der Waals surface area contributed by atoms with Crippen molar-refractivity contribution in [2.75, 3.05) is 26.8 Å². The van der Waals surface area contributed by atoms with Crippen molar-refractivity contribution in [1.82, 2.24) is 19.8 Å². The highest BCUT2D eigenvalue weighted by Gasteiger charge is 2.30. The van der Waals surface area contributed by atoms with Gasteiger partial charge in [-0.3, -0.25) is 4.79 Å². The highest BCUT2D eigenvalue weighted by molar-refractivity contribution is 9.10. The van der Waals surface area contributed by atoms with Gasteiger partial charge in [0, 0.05) is 73.5 Å². The van der Waals surface area contributed by atoms with Crippen molar-refractivity contribution < 1.29 is 19.1 Å². The van der Waals surface area contributed by atoms with Crippen LogP contribution >= 0.6 is 15.9 Å². The maximum atomic E-state index is 13.7. The topological polar surface area (TPSA) is 85.7 Å². The molecule has 2 unspecified atom stereocenters. The third-order valence-corrected chi connectivity index (χ3v) is 7.68. The lowest BCUT2D eigenvalue weighted by Crippen LogP contribution is -2.46. The van der Waals surface area contributed by atoms with Crippen LogP contribution in [0, 0.1) is 0 Å². The Balaban J connectivity index is 1.49. The summed E-state index contributed by atoms with van der Waals surface area (Å²) in [6.45, 7) is 8.37. The van der Waals surface area contributed by atoms with Gasteiger partial charge in [0.25, 0.3) is 0 Å². The molecule has 2 aromatic heterocycles. The van der Waals surface area contributed by atoms with Crippen LogP contribution in [-0.4, -0.2) is 64.9 Å². The number of ether oxygens (including phenoxy) is 2. The molecule has 2 amide bonds. The number of rotatable bonds is 10. The molecule has 0 aliphatic carbocycles. The van der Waals surface area contributed by atoms with Gasteiger partial charge < -0.3 is 24.3 Å². The van der Waals surface area contributed by atoms with E-state index in [4.69, 9.17) is 9.47 Å². The number of fused-ring (bicyclic) bond motifs is 1. The second kappa shape index (κ2) is 13.6. The van der Waals surface area contributed by atoms with Gasteiger partial charge in [0.05, 0.1) is 0 Å². The average Bonchev–Trinajstić information content (AvgIpc) is 3.28. The van der Waals surface area contributed by atoms with Crippen molar-refractivity contribution in [3.63, 3.8) is 0 Å². The molecule has 0 spiro atoms. The van der Waals surface area contributed by atoms with Crippen LogP contribution in [-0.2, 0) is 27.2 Å². The second-order valence-corrected chi connectivity index (χ2v) is 12.5. The number of alkyl carbamates (subject to hydrolysis) is 1. The van der Waals surface area contributed by atoms with E-state index in [0.717, 1.165) is 53.4 Å². The molecular formula is C31H41BrN4O4. The molecule has 1 aromatic carbocycles. The number of hydrogen-bond donors (Lipinski definition) is 1. The summed E-state index contributed by atoms with van der Waals surface area (Å²) in [5.74, 6) is 0.265. The quantitative estimate of drug-likeness (QED) is 0.281. The molecule has 1 aliphatic rings. The van der Waals surface area contributed by atoms with E-state index in [0.29, 0.717) is 19.6 Å². The van der Waals surface area contributed by atoms with E-state index in [9.17, 15) is 9.59 Å². The molecule has 216 valence electrons. The van der Waals surface area contributed by atoms with E-state index in [1.54, 1.807) is 7.11 Å². The van der Waals surface area contributed by atoms with Crippen LogP contribution in [0.2, 0.25) is 0 Å². The predicted octanol–water partition coefficient (Wildman–Crippen LogP) is 6.07. The van der Waals surface area contributed by atoms with Crippen LogP contribution in [0.1, 0.15) is 63.6 Å². The minimum absolute atomic E-state index is 0.0445. The molecule has 1 aliphatic heterocycles. The van der Waals surface area contributed by atoms with Crippen LogP contribution in [0.3, 0.4) is 0 Å². The lowest BCUT2D eigenvalue weighted by Gasteiger charge is -2.34. The van der Waals surface area contributed by atoms with Gasteiger partial charge in [-0.05, 0) is 82.3 Å². The van der Waals surface area contributed by atoms with Crippen LogP contribution in [0.5, 0.6) is 0 Å². The fourth-order valence-corrected chi connectivity index (χ4v) is 5.65. The third kappa shape index (κ3) is 8.30. The van der Waals surface area contributed by atoms with Crippen molar-refractivity contribution in [1.29, 1.82) is 0 Å². The van der Waals surface area contributed by atoms with Crippen molar-refractivity contribution in [2.24, 2.45) is 0 Å². The summed E-state index contributed by atoms with van der Waals surface area (Å²) < 4.78 is 14.1. The zero-order chi connectivity index (χ0) is 28.7. The second-order valence-electron chi connectivity index (χ2n) is 11.5. The minimum atomic E-state index is -0.618. The van der Waals surface area contributed by atoms with E-state index in [1.165, 1.54) is 5.69 Å². The number of nitrogens with zero attached hydrogens (tertiary/aromatic N) is 3. The van der Waals surface area contributed by atoms with E-state index < -0.39 is 11.7 Å². The summed E-state index contributed by atoms with van der Waals surface area (Å²) >= 11 is 3.47. The fraction of sp³-hybridized carbons (Fsp3) is 0.516. The molecule has 9 heteroatoms. The predicted molar refractivity (Wildman–Crippen MR) is 160 cm³/mol. The summed E-state index contributed by atoms with van der Waals surface area (Å²) in [4.78, 5) is 32.9. The molecule has 2 atom stereocenters. The third-order valence-electron chi connectivity index (χ3n) is 7.15. The number of nitrogens with one attached hydrogen (secondary N) is 1. The first kappa shape index (κ1) is 30.1. The average molecular weight is 614 g/mol. The molecule has 8 nitrogen and oxygen atoms in total. The van der Waals surface area contributed by atoms with Crippen molar-refractivity contribution >= 4 is 39.0 Å². The Labute approximate surface area is 245 Å². The number of halogens is 1. The van der Waals surface area contributed by atoms with Crippen molar-refractivity contribution in [3.05, 3.63) is 64.4 Å². The molecule has 4 rings (SSSR count). The first-order valence-corrected chi connectivity index (χ1v) is 14.9. The number of likely N-dealkylation sites (tertiary alicyclic amines) is 1. The molecule has 0 saturated carbocycles. The van der Waals surface area contributed by atoms with Gasteiger partial charge >= 0.3 is 6.09 Å². The lowest BCUT2D eigenvalue weighted by atomic mass is 9.93.